The Morgan fingerprint density at radius 3 is 2.32 bits per heavy atom. The maximum absolute atomic E-state index is 13.1. The predicted octanol–water partition coefficient (Wildman–Crippen LogP) is 4.70. The molecule has 2 amide bonds. The van der Waals surface area contributed by atoms with Crippen LogP contribution in [0.2, 0.25) is 0 Å². The highest BCUT2D eigenvalue weighted by atomic mass is 16.6. The van der Waals surface area contributed by atoms with Gasteiger partial charge in [0.2, 0.25) is 0 Å². The molecule has 0 saturated carbocycles. The van der Waals surface area contributed by atoms with Gasteiger partial charge in [-0.3, -0.25) is 9.59 Å². The van der Waals surface area contributed by atoms with Crippen LogP contribution in [0.15, 0.2) is 48.5 Å². The summed E-state index contributed by atoms with van der Waals surface area (Å²) in [4.78, 5) is 39.2. The summed E-state index contributed by atoms with van der Waals surface area (Å²) in [6, 6.07) is 15.1. The van der Waals surface area contributed by atoms with Gasteiger partial charge in [-0.1, -0.05) is 30.3 Å². The third-order valence-corrected chi connectivity index (χ3v) is 5.98. The smallest absolute Gasteiger partial charge is 0.410 e. The van der Waals surface area contributed by atoms with Gasteiger partial charge in [0.25, 0.3) is 5.91 Å². The van der Waals surface area contributed by atoms with Gasteiger partial charge in [0.05, 0.1) is 11.3 Å². The zero-order chi connectivity index (χ0) is 24.5. The normalized spacial score (nSPS) is 17.6. The first-order valence-corrected chi connectivity index (χ1v) is 11.6. The standard InChI is InChI=1S/C27H31N3O4/c1-17(31)19-10-11-22-21(16-19)23(25(32)29-22)24(18-8-6-5-7-9-18)28-20-12-14-30(15-13-20)26(33)34-27(2,3)4/h5-11,16,20,28H,12-15H2,1-4H3,(H,29,32)/b24-23-. The molecule has 2 aromatic rings. The number of ketones is 1. The highest BCUT2D eigenvalue weighted by molar-refractivity contribution is 6.36. The number of fused-ring (bicyclic) bond motifs is 1. The van der Waals surface area contributed by atoms with Gasteiger partial charge in [-0.25, -0.2) is 4.79 Å². The Labute approximate surface area is 200 Å². The number of amides is 2. The van der Waals surface area contributed by atoms with Gasteiger partial charge in [-0.05, 0) is 64.3 Å². The van der Waals surface area contributed by atoms with E-state index in [1.54, 1.807) is 23.1 Å². The second-order valence-electron chi connectivity index (χ2n) is 9.77. The molecule has 0 unspecified atom stereocenters. The fourth-order valence-electron chi connectivity index (χ4n) is 4.28. The van der Waals surface area contributed by atoms with Gasteiger partial charge in [0.15, 0.2) is 5.78 Å². The number of nitrogens with zero attached hydrogens (tertiary/aromatic N) is 1. The zero-order valence-electron chi connectivity index (χ0n) is 20.1. The lowest BCUT2D eigenvalue weighted by molar-refractivity contribution is -0.110. The number of benzene rings is 2. The number of likely N-dealkylation sites (tertiary alicyclic amines) is 1. The molecule has 2 aliphatic rings. The molecule has 2 N–H and O–H groups in total. The maximum atomic E-state index is 13.1. The van der Waals surface area contributed by atoms with Crippen molar-refractivity contribution in [1.82, 2.24) is 10.2 Å². The van der Waals surface area contributed by atoms with Gasteiger partial charge >= 0.3 is 6.09 Å². The van der Waals surface area contributed by atoms with E-state index in [1.807, 2.05) is 51.1 Å². The van der Waals surface area contributed by atoms with Crippen LogP contribution in [0.25, 0.3) is 11.3 Å². The fraction of sp³-hybridized carbons (Fsp3) is 0.370. The number of anilines is 1. The second kappa shape index (κ2) is 9.33. The first kappa shape index (κ1) is 23.5. The van der Waals surface area contributed by atoms with Crippen molar-refractivity contribution in [3.8, 4) is 0 Å². The van der Waals surface area contributed by atoms with Crippen molar-refractivity contribution in [1.29, 1.82) is 0 Å². The largest absolute Gasteiger partial charge is 0.444 e. The van der Waals surface area contributed by atoms with Crippen LogP contribution in [-0.4, -0.2) is 47.4 Å². The molecule has 0 spiro atoms. The van der Waals surface area contributed by atoms with Crippen LogP contribution in [0, 0.1) is 0 Å². The van der Waals surface area contributed by atoms with Crippen LogP contribution in [0.5, 0.6) is 0 Å². The molecule has 4 rings (SSSR count). The molecular formula is C27H31N3O4. The summed E-state index contributed by atoms with van der Waals surface area (Å²) in [6.07, 6.45) is 1.16. The molecule has 0 aliphatic carbocycles. The average Bonchev–Trinajstić information content (AvgIpc) is 3.12. The fourth-order valence-corrected chi connectivity index (χ4v) is 4.28. The quantitative estimate of drug-likeness (QED) is 0.509. The van der Waals surface area contributed by atoms with Crippen molar-refractivity contribution < 1.29 is 19.1 Å². The number of rotatable bonds is 4. The van der Waals surface area contributed by atoms with E-state index in [1.165, 1.54) is 6.92 Å². The summed E-state index contributed by atoms with van der Waals surface area (Å²) in [5.74, 6) is -0.251. The minimum atomic E-state index is -0.529. The number of Topliss-reactive ketones (excluding diaryl/α,β-unsaturated/α-hetero) is 1. The molecule has 0 radical (unpaired) electrons. The Hall–Kier alpha value is -3.61. The third-order valence-electron chi connectivity index (χ3n) is 5.98. The minimum Gasteiger partial charge on any atom is -0.444 e. The highest BCUT2D eigenvalue weighted by Gasteiger charge is 2.32. The second-order valence-corrected chi connectivity index (χ2v) is 9.77. The Kier molecular flexibility index (Phi) is 6.46. The maximum Gasteiger partial charge on any atom is 0.410 e. The molecule has 7 heteroatoms. The Morgan fingerprint density at radius 2 is 1.71 bits per heavy atom. The number of hydrogen-bond donors (Lipinski definition) is 2. The zero-order valence-corrected chi connectivity index (χ0v) is 20.1. The predicted molar refractivity (Wildman–Crippen MR) is 132 cm³/mol. The first-order chi connectivity index (χ1) is 16.1. The monoisotopic (exact) mass is 461 g/mol. The lowest BCUT2D eigenvalue weighted by Gasteiger charge is -2.34. The molecule has 0 aromatic heterocycles. The summed E-state index contributed by atoms with van der Waals surface area (Å²) in [7, 11) is 0. The molecule has 2 aliphatic heterocycles. The molecule has 2 aromatic carbocycles. The number of nitrogens with one attached hydrogen (secondary N) is 2. The molecule has 34 heavy (non-hydrogen) atoms. The van der Waals surface area contributed by atoms with Gasteiger partial charge in [-0.2, -0.15) is 0 Å². The van der Waals surface area contributed by atoms with E-state index in [4.69, 9.17) is 4.74 Å². The summed E-state index contributed by atoms with van der Waals surface area (Å²) in [5, 5.41) is 6.52. The van der Waals surface area contributed by atoms with E-state index >= 15 is 0 Å². The molecule has 7 nitrogen and oxygen atoms in total. The summed E-state index contributed by atoms with van der Waals surface area (Å²) in [6.45, 7) is 8.24. The van der Waals surface area contributed by atoms with Crippen molar-refractivity contribution in [2.24, 2.45) is 0 Å². The summed E-state index contributed by atoms with van der Waals surface area (Å²) >= 11 is 0. The van der Waals surface area contributed by atoms with Gasteiger partial charge in [-0.15, -0.1) is 0 Å². The van der Waals surface area contributed by atoms with Gasteiger partial charge < -0.3 is 20.3 Å². The Morgan fingerprint density at radius 1 is 1.03 bits per heavy atom. The molecule has 2 heterocycles. The van der Waals surface area contributed by atoms with E-state index in [0.717, 1.165) is 29.7 Å². The SMILES string of the molecule is CC(=O)c1ccc2c(c1)/C(=C(/NC1CCN(C(=O)OC(C)(C)C)CC1)c1ccccc1)C(=O)N2. The van der Waals surface area contributed by atoms with Crippen molar-refractivity contribution in [2.75, 3.05) is 18.4 Å². The van der Waals surface area contributed by atoms with E-state index in [0.29, 0.717) is 29.9 Å². The lowest BCUT2D eigenvalue weighted by Crippen LogP contribution is -2.46. The molecule has 0 bridgehead atoms. The average molecular weight is 462 g/mol. The lowest BCUT2D eigenvalue weighted by atomic mass is 9.96. The van der Waals surface area contributed by atoms with Crippen molar-refractivity contribution in [3.63, 3.8) is 0 Å². The molecular weight excluding hydrogens is 430 g/mol. The molecule has 178 valence electrons. The van der Waals surface area contributed by atoms with Crippen LogP contribution >= 0.6 is 0 Å². The number of carbonyl (C=O) groups excluding carboxylic acids is 3. The van der Waals surface area contributed by atoms with Crippen LogP contribution in [-0.2, 0) is 9.53 Å². The number of carbonyl (C=O) groups is 3. The molecule has 0 atom stereocenters. The third kappa shape index (κ3) is 5.14. The summed E-state index contributed by atoms with van der Waals surface area (Å²) < 4.78 is 5.50. The van der Waals surface area contributed by atoms with E-state index in [2.05, 4.69) is 10.6 Å². The van der Waals surface area contributed by atoms with Crippen LogP contribution < -0.4 is 10.6 Å². The van der Waals surface area contributed by atoms with Crippen LogP contribution in [0.4, 0.5) is 10.5 Å². The summed E-state index contributed by atoms with van der Waals surface area (Å²) in [5.41, 5.74) is 3.59. The highest BCUT2D eigenvalue weighted by Crippen LogP contribution is 2.37. The number of piperidine rings is 1. The van der Waals surface area contributed by atoms with Crippen molar-refractivity contribution in [3.05, 3.63) is 65.2 Å². The van der Waals surface area contributed by atoms with E-state index in [-0.39, 0.29) is 23.8 Å². The first-order valence-electron chi connectivity index (χ1n) is 11.6. The van der Waals surface area contributed by atoms with Gasteiger partial charge in [0, 0.05) is 35.9 Å². The Bertz CT molecular complexity index is 1140. The molecule has 1 saturated heterocycles. The van der Waals surface area contributed by atoms with E-state index < -0.39 is 5.60 Å². The molecule has 1 fully saturated rings. The van der Waals surface area contributed by atoms with Crippen LogP contribution in [0.3, 0.4) is 0 Å². The van der Waals surface area contributed by atoms with Crippen molar-refractivity contribution >= 4 is 34.7 Å². The topological polar surface area (TPSA) is 87.7 Å². The number of hydrogen-bond acceptors (Lipinski definition) is 5. The van der Waals surface area contributed by atoms with Crippen LogP contribution in [0.1, 0.15) is 62.0 Å². The van der Waals surface area contributed by atoms with Gasteiger partial charge in [0.1, 0.15) is 5.60 Å². The number of ether oxygens (including phenoxy) is 1. The minimum absolute atomic E-state index is 0.0507. The van der Waals surface area contributed by atoms with E-state index in [9.17, 15) is 14.4 Å². The Balaban J connectivity index is 1.62. The van der Waals surface area contributed by atoms with Crippen molar-refractivity contribution in [2.45, 2.75) is 52.2 Å².